The van der Waals surface area contributed by atoms with E-state index in [2.05, 4.69) is 20.8 Å². The van der Waals surface area contributed by atoms with Gasteiger partial charge in [0.25, 0.3) is 11.5 Å². The number of benzene rings is 2. The lowest BCUT2D eigenvalue weighted by Gasteiger charge is -2.06. The van der Waals surface area contributed by atoms with Gasteiger partial charge in [-0.1, -0.05) is 24.3 Å². The summed E-state index contributed by atoms with van der Waals surface area (Å²) in [7, 11) is 1.58. The topological polar surface area (TPSA) is 95.6 Å². The van der Waals surface area contributed by atoms with Crippen LogP contribution in [0, 0.1) is 0 Å². The van der Waals surface area contributed by atoms with E-state index in [1.54, 1.807) is 19.2 Å². The first kappa shape index (κ1) is 17.2. The normalized spacial score (nSPS) is 10.8. The lowest BCUT2D eigenvalue weighted by Crippen LogP contribution is -2.26. The van der Waals surface area contributed by atoms with Gasteiger partial charge in [-0.3, -0.25) is 9.59 Å². The Labute approximate surface area is 149 Å². The second kappa shape index (κ2) is 7.98. The number of carbonyl (C=O) groups is 1. The third-order valence-corrected chi connectivity index (χ3v) is 3.70. The van der Waals surface area contributed by atoms with Gasteiger partial charge in [-0.2, -0.15) is 5.10 Å². The molecule has 0 saturated carbocycles. The first-order valence-electron chi connectivity index (χ1n) is 7.97. The Balaban J connectivity index is 1.58. The molecule has 0 spiro atoms. The van der Waals surface area contributed by atoms with E-state index in [1.165, 1.54) is 6.21 Å². The van der Waals surface area contributed by atoms with Crippen LogP contribution in [0.4, 0.5) is 5.69 Å². The van der Waals surface area contributed by atoms with Crippen molar-refractivity contribution in [1.29, 1.82) is 0 Å². The fourth-order valence-electron chi connectivity index (χ4n) is 2.39. The van der Waals surface area contributed by atoms with Gasteiger partial charge in [0, 0.05) is 17.3 Å². The maximum absolute atomic E-state index is 12.0. The predicted octanol–water partition coefficient (Wildman–Crippen LogP) is 2.10. The number of hydrazone groups is 1. The van der Waals surface area contributed by atoms with E-state index >= 15 is 0 Å². The van der Waals surface area contributed by atoms with Gasteiger partial charge in [0.1, 0.15) is 5.75 Å². The number of hydrogen-bond donors (Lipinski definition) is 3. The molecule has 3 N–H and O–H groups in total. The molecular weight excluding hydrogens is 332 g/mol. The molecule has 0 aliphatic heterocycles. The number of rotatable bonds is 6. The van der Waals surface area contributed by atoms with Gasteiger partial charge in [0.05, 0.1) is 25.4 Å². The van der Waals surface area contributed by atoms with Crippen molar-refractivity contribution in [1.82, 2.24) is 10.4 Å². The molecule has 0 unspecified atom stereocenters. The van der Waals surface area contributed by atoms with Crippen LogP contribution in [0.15, 0.2) is 64.5 Å². The minimum atomic E-state index is -0.332. The summed E-state index contributed by atoms with van der Waals surface area (Å²) in [6.07, 6.45) is 1.33. The fourth-order valence-corrected chi connectivity index (χ4v) is 2.39. The number of nitrogens with one attached hydrogen (secondary N) is 3. The van der Waals surface area contributed by atoms with Crippen LogP contribution in [0.1, 0.15) is 5.56 Å². The molecule has 3 aromatic rings. The Morgan fingerprint density at radius 1 is 1.19 bits per heavy atom. The molecule has 1 amide bonds. The summed E-state index contributed by atoms with van der Waals surface area (Å²) in [6.45, 7) is 0.0403. The predicted molar refractivity (Wildman–Crippen MR) is 102 cm³/mol. The van der Waals surface area contributed by atoms with Gasteiger partial charge in [-0.05, 0) is 29.7 Å². The Morgan fingerprint density at radius 2 is 2.04 bits per heavy atom. The molecule has 26 heavy (non-hydrogen) atoms. The monoisotopic (exact) mass is 350 g/mol. The van der Waals surface area contributed by atoms with Crippen LogP contribution in [0.25, 0.3) is 10.9 Å². The molecule has 1 heterocycles. The van der Waals surface area contributed by atoms with Crippen LogP contribution in [0.5, 0.6) is 5.75 Å². The van der Waals surface area contributed by atoms with Gasteiger partial charge in [-0.25, -0.2) is 5.43 Å². The number of para-hydroxylation sites is 1. The second-order valence-electron chi connectivity index (χ2n) is 5.52. The molecule has 7 nitrogen and oxygen atoms in total. The third kappa shape index (κ3) is 4.27. The van der Waals surface area contributed by atoms with Gasteiger partial charge in [-0.15, -0.1) is 0 Å². The summed E-state index contributed by atoms with van der Waals surface area (Å²) >= 11 is 0. The van der Waals surface area contributed by atoms with Gasteiger partial charge >= 0.3 is 0 Å². The Morgan fingerprint density at radius 3 is 2.88 bits per heavy atom. The zero-order valence-corrected chi connectivity index (χ0v) is 14.2. The van der Waals surface area contributed by atoms with Crippen LogP contribution in [0.2, 0.25) is 0 Å². The maximum Gasteiger partial charge on any atom is 0.259 e. The highest BCUT2D eigenvalue weighted by molar-refractivity contribution is 5.88. The van der Waals surface area contributed by atoms with Crippen LogP contribution in [-0.2, 0) is 4.79 Å². The molecule has 0 saturated heterocycles. The minimum absolute atomic E-state index is 0.0403. The lowest BCUT2D eigenvalue weighted by molar-refractivity contribution is -0.119. The molecule has 0 aliphatic rings. The average Bonchev–Trinajstić information content (AvgIpc) is 2.67. The minimum Gasteiger partial charge on any atom is -0.497 e. The highest BCUT2D eigenvalue weighted by atomic mass is 16.5. The number of pyridine rings is 1. The smallest absolute Gasteiger partial charge is 0.259 e. The Kier molecular flexibility index (Phi) is 5.28. The van der Waals surface area contributed by atoms with Gasteiger partial charge in [0.15, 0.2) is 0 Å². The summed E-state index contributed by atoms with van der Waals surface area (Å²) < 4.78 is 5.12. The first-order valence-corrected chi connectivity index (χ1v) is 7.97. The van der Waals surface area contributed by atoms with Crippen molar-refractivity contribution in [2.45, 2.75) is 0 Å². The van der Waals surface area contributed by atoms with E-state index in [-0.39, 0.29) is 18.0 Å². The summed E-state index contributed by atoms with van der Waals surface area (Å²) in [5.41, 5.74) is 4.00. The number of fused-ring (bicyclic) bond motifs is 1. The van der Waals surface area contributed by atoms with Crippen LogP contribution in [-0.4, -0.2) is 30.8 Å². The summed E-state index contributed by atoms with van der Waals surface area (Å²) in [4.78, 5) is 26.6. The molecule has 0 bridgehead atoms. The van der Waals surface area contributed by atoms with Gasteiger partial charge in [0.2, 0.25) is 0 Å². The van der Waals surface area contributed by atoms with E-state index in [9.17, 15) is 9.59 Å². The van der Waals surface area contributed by atoms with Crippen molar-refractivity contribution >= 4 is 28.7 Å². The molecule has 132 valence electrons. The first-order chi connectivity index (χ1) is 12.7. The highest BCUT2D eigenvalue weighted by Gasteiger charge is 2.02. The van der Waals surface area contributed by atoms with E-state index in [0.717, 1.165) is 16.6 Å². The number of aromatic nitrogens is 1. The number of H-pyrrole nitrogens is 1. The number of amides is 1. The van der Waals surface area contributed by atoms with Crippen LogP contribution < -0.4 is 21.0 Å². The zero-order chi connectivity index (χ0) is 18.4. The van der Waals surface area contributed by atoms with Crippen molar-refractivity contribution in [3.05, 3.63) is 70.5 Å². The van der Waals surface area contributed by atoms with Crippen molar-refractivity contribution in [2.75, 3.05) is 19.0 Å². The van der Waals surface area contributed by atoms with Gasteiger partial charge < -0.3 is 15.0 Å². The van der Waals surface area contributed by atoms with Crippen molar-refractivity contribution < 1.29 is 9.53 Å². The number of carbonyl (C=O) groups excluding carboxylic acids is 1. The van der Waals surface area contributed by atoms with E-state index in [4.69, 9.17) is 4.74 Å². The molecule has 2 aromatic carbocycles. The number of anilines is 1. The molecule has 1 aromatic heterocycles. The number of aromatic amines is 1. The molecular formula is C19H18N4O3. The maximum atomic E-state index is 12.0. The summed E-state index contributed by atoms with van der Waals surface area (Å²) in [6, 6.07) is 16.4. The molecule has 3 rings (SSSR count). The Hall–Kier alpha value is -3.61. The van der Waals surface area contributed by atoms with E-state index in [1.807, 2.05) is 42.5 Å². The summed E-state index contributed by atoms with van der Waals surface area (Å²) in [5, 5.41) is 7.70. The standard InChI is InChI=1S/C19H18N4O3/c1-26-16-7-4-6-15(10-16)20-12-18(24)23-21-11-14-9-13-5-2-3-8-17(13)22-19(14)25/h2-11,20H,12H2,1H3,(H,22,25)(H,23,24)/b21-11+. The summed E-state index contributed by atoms with van der Waals surface area (Å²) in [5.74, 6) is 0.366. The largest absolute Gasteiger partial charge is 0.497 e. The number of ether oxygens (including phenoxy) is 1. The van der Waals surface area contributed by atoms with Crippen LogP contribution in [0.3, 0.4) is 0 Å². The van der Waals surface area contributed by atoms with Crippen molar-refractivity contribution in [3.8, 4) is 5.75 Å². The van der Waals surface area contributed by atoms with Crippen LogP contribution >= 0.6 is 0 Å². The SMILES string of the molecule is COc1cccc(NCC(=O)N/N=C/c2cc3ccccc3[nH]c2=O)c1. The number of methoxy groups -OCH3 is 1. The van der Waals surface area contributed by atoms with Crippen molar-refractivity contribution in [2.24, 2.45) is 5.10 Å². The quantitative estimate of drug-likeness (QED) is 0.469. The third-order valence-electron chi connectivity index (χ3n) is 3.70. The van der Waals surface area contributed by atoms with E-state index < -0.39 is 0 Å². The zero-order valence-electron chi connectivity index (χ0n) is 14.2. The van der Waals surface area contributed by atoms with Crippen molar-refractivity contribution in [3.63, 3.8) is 0 Å². The number of nitrogens with zero attached hydrogens (tertiary/aromatic N) is 1. The van der Waals surface area contributed by atoms with E-state index in [0.29, 0.717) is 11.3 Å². The molecule has 0 radical (unpaired) electrons. The molecule has 7 heteroatoms. The Bertz CT molecular complexity index is 1010. The second-order valence-corrected chi connectivity index (χ2v) is 5.52. The fraction of sp³-hybridized carbons (Fsp3) is 0.105. The lowest BCUT2D eigenvalue weighted by atomic mass is 10.2. The molecule has 0 fully saturated rings. The molecule has 0 atom stereocenters. The number of hydrogen-bond acceptors (Lipinski definition) is 5. The average molecular weight is 350 g/mol. The highest BCUT2D eigenvalue weighted by Crippen LogP contribution is 2.16. The molecule has 0 aliphatic carbocycles.